The third-order valence-electron chi connectivity index (χ3n) is 4.38. The fourth-order valence-corrected chi connectivity index (χ4v) is 4.63. The van der Waals surface area contributed by atoms with Gasteiger partial charge in [0.1, 0.15) is 22.5 Å². The zero-order chi connectivity index (χ0) is 19.6. The Balaban J connectivity index is 1.67. The maximum atomic E-state index is 13.7. The molecule has 1 aromatic carbocycles. The van der Waals surface area contributed by atoms with Crippen LogP contribution in [0.4, 0.5) is 9.39 Å². The zero-order valence-corrected chi connectivity index (χ0v) is 16.0. The summed E-state index contributed by atoms with van der Waals surface area (Å²) in [7, 11) is 0. The Hall–Kier alpha value is -2.43. The SMILES string of the molecule is C[C@@H]1CCc2c(sc(NC(=O)COC(=O)c3c(F)cccc3Cl)c2C#N)C1. The second-order valence-electron chi connectivity index (χ2n) is 6.39. The van der Waals surface area contributed by atoms with Crippen LogP contribution in [0.2, 0.25) is 5.02 Å². The predicted molar refractivity (Wildman–Crippen MR) is 101 cm³/mol. The van der Waals surface area contributed by atoms with Gasteiger partial charge in [-0.25, -0.2) is 9.18 Å². The third-order valence-corrected chi connectivity index (χ3v) is 5.86. The molecule has 0 saturated carbocycles. The molecule has 1 heterocycles. The summed E-state index contributed by atoms with van der Waals surface area (Å²) in [5.41, 5.74) is 1.05. The lowest BCUT2D eigenvalue weighted by Crippen LogP contribution is -2.21. The van der Waals surface area contributed by atoms with Crippen LogP contribution in [0.25, 0.3) is 0 Å². The Morgan fingerprint density at radius 3 is 2.96 bits per heavy atom. The van der Waals surface area contributed by atoms with Gasteiger partial charge in [0.2, 0.25) is 0 Å². The fourth-order valence-electron chi connectivity index (χ4n) is 3.02. The van der Waals surface area contributed by atoms with Gasteiger partial charge in [-0.2, -0.15) is 5.26 Å². The lowest BCUT2D eigenvalue weighted by atomic mass is 9.89. The quantitative estimate of drug-likeness (QED) is 0.766. The van der Waals surface area contributed by atoms with E-state index in [2.05, 4.69) is 18.3 Å². The summed E-state index contributed by atoms with van der Waals surface area (Å²) in [5.74, 6) is -1.90. The number of hydrogen-bond donors (Lipinski definition) is 1. The summed E-state index contributed by atoms with van der Waals surface area (Å²) in [4.78, 5) is 25.2. The van der Waals surface area contributed by atoms with Crippen molar-refractivity contribution in [3.05, 3.63) is 50.6 Å². The number of nitrogens with one attached hydrogen (secondary N) is 1. The first-order valence-corrected chi connectivity index (χ1v) is 9.55. The monoisotopic (exact) mass is 406 g/mol. The van der Waals surface area contributed by atoms with Gasteiger partial charge in [-0.1, -0.05) is 24.6 Å². The molecule has 1 atom stereocenters. The molecule has 140 valence electrons. The average Bonchev–Trinajstić information content (AvgIpc) is 2.95. The van der Waals surface area contributed by atoms with Crippen molar-refractivity contribution >= 4 is 39.8 Å². The first-order valence-electron chi connectivity index (χ1n) is 8.36. The molecule has 1 aliphatic rings. The number of amides is 1. The van der Waals surface area contributed by atoms with Crippen LogP contribution in [0.15, 0.2) is 18.2 Å². The van der Waals surface area contributed by atoms with Gasteiger partial charge in [0, 0.05) is 4.88 Å². The van der Waals surface area contributed by atoms with E-state index in [1.54, 1.807) is 0 Å². The van der Waals surface area contributed by atoms with E-state index in [0.717, 1.165) is 35.8 Å². The Labute approximate surface area is 164 Å². The second-order valence-corrected chi connectivity index (χ2v) is 7.90. The Morgan fingerprint density at radius 2 is 2.26 bits per heavy atom. The van der Waals surface area contributed by atoms with Crippen LogP contribution >= 0.6 is 22.9 Å². The van der Waals surface area contributed by atoms with Crippen LogP contribution in [0.1, 0.15) is 39.7 Å². The van der Waals surface area contributed by atoms with E-state index in [4.69, 9.17) is 16.3 Å². The number of nitrogens with zero attached hydrogens (tertiary/aromatic N) is 1. The Kier molecular flexibility index (Phi) is 5.78. The summed E-state index contributed by atoms with van der Waals surface area (Å²) in [5, 5.41) is 12.4. The van der Waals surface area contributed by atoms with Crippen molar-refractivity contribution in [2.45, 2.75) is 26.2 Å². The number of thiophene rings is 1. The number of benzene rings is 1. The smallest absolute Gasteiger partial charge is 0.343 e. The van der Waals surface area contributed by atoms with Crippen LogP contribution in [-0.4, -0.2) is 18.5 Å². The van der Waals surface area contributed by atoms with Crippen LogP contribution in [0.5, 0.6) is 0 Å². The largest absolute Gasteiger partial charge is 0.452 e. The zero-order valence-electron chi connectivity index (χ0n) is 14.5. The number of esters is 1. The molecule has 1 amide bonds. The predicted octanol–water partition coefficient (Wildman–Crippen LogP) is 4.33. The molecule has 27 heavy (non-hydrogen) atoms. The van der Waals surface area contributed by atoms with Gasteiger partial charge in [-0.05, 0) is 42.9 Å². The van der Waals surface area contributed by atoms with E-state index in [9.17, 15) is 19.2 Å². The highest BCUT2D eigenvalue weighted by Crippen LogP contribution is 2.39. The van der Waals surface area contributed by atoms with Crippen molar-refractivity contribution in [2.24, 2.45) is 5.92 Å². The van der Waals surface area contributed by atoms with Crippen molar-refractivity contribution in [3.63, 3.8) is 0 Å². The molecule has 1 aliphatic carbocycles. The van der Waals surface area contributed by atoms with E-state index in [-0.39, 0.29) is 5.02 Å². The molecule has 0 radical (unpaired) electrons. The van der Waals surface area contributed by atoms with Gasteiger partial charge in [0.25, 0.3) is 5.91 Å². The first kappa shape index (κ1) is 19.3. The average molecular weight is 407 g/mol. The van der Waals surface area contributed by atoms with E-state index in [1.807, 2.05) is 0 Å². The van der Waals surface area contributed by atoms with Crippen LogP contribution in [0, 0.1) is 23.1 Å². The Morgan fingerprint density at radius 1 is 1.48 bits per heavy atom. The first-order chi connectivity index (χ1) is 12.9. The van der Waals surface area contributed by atoms with Gasteiger partial charge in [-0.3, -0.25) is 4.79 Å². The molecule has 1 N–H and O–H groups in total. The molecule has 0 aliphatic heterocycles. The number of carbonyl (C=O) groups excluding carboxylic acids is 2. The van der Waals surface area contributed by atoms with E-state index < -0.39 is 29.9 Å². The number of anilines is 1. The number of nitriles is 1. The van der Waals surface area contributed by atoms with E-state index >= 15 is 0 Å². The summed E-state index contributed by atoms with van der Waals surface area (Å²) >= 11 is 7.18. The number of hydrogen-bond acceptors (Lipinski definition) is 5. The van der Waals surface area contributed by atoms with E-state index in [0.29, 0.717) is 16.5 Å². The molecule has 3 rings (SSSR count). The summed E-state index contributed by atoms with van der Waals surface area (Å²) in [6.45, 7) is 1.55. The second kappa shape index (κ2) is 8.07. The highest BCUT2D eigenvalue weighted by atomic mass is 35.5. The van der Waals surface area contributed by atoms with Crippen LogP contribution in [0.3, 0.4) is 0 Å². The summed E-state index contributed by atoms with van der Waals surface area (Å²) < 4.78 is 18.6. The van der Waals surface area contributed by atoms with Gasteiger partial charge in [0.15, 0.2) is 6.61 Å². The highest BCUT2D eigenvalue weighted by Gasteiger charge is 2.25. The number of halogens is 2. The Bertz CT molecular complexity index is 931. The molecule has 8 heteroatoms. The van der Waals surface area contributed by atoms with Crippen LogP contribution in [-0.2, 0) is 22.4 Å². The third kappa shape index (κ3) is 4.12. The molecular weight excluding hydrogens is 391 g/mol. The molecule has 5 nitrogen and oxygen atoms in total. The van der Waals surface area contributed by atoms with Gasteiger partial charge >= 0.3 is 5.97 Å². The minimum atomic E-state index is -1.02. The summed E-state index contributed by atoms with van der Waals surface area (Å²) in [6.07, 6.45) is 2.70. The maximum absolute atomic E-state index is 13.7. The van der Waals surface area contributed by atoms with Crippen molar-refractivity contribution in [3.8, 4) is 6.07 Å². The minimum absolute atomic E-state index is 0.0905. The maximum Gasteiger partial charge on any atom is 0.343 e. The standard InChI is InChI=1S/C19H16ClFN2O3S/c1-10-5-6-11-12(8-22)18(27-15(11)7-10)23-16(24)9-26-19(25)17-13(20)3-2-4-14(17)21/h2-4,10H,5-7,9H2,1H3,(H,23,24)/t10-/m1/s1. The topological polar surface area (TPSA) is 79.2 Å². The fraction of sp³-hybridized carbons (Fsp3) is 0.316. The number of fused-ring (bicyclic) bond motifs is 1. The normalized spacial score (nSPS) is 15.6. The van der Waals surface area contributed by atoms with Gasteiger partial charge in [0.05, 0.1) is 10.6 Å². The number of ether oxygens (including phenoxy) is 1. The van der Waals surface area contributed by atoms with Gasteiger partial charge < -0.3 is 10.1 Å². The van der Waals surface area contributed by atoms with Crippen molar-refractivity contribution in [1.82, 2.24) is 0 Å². The minimum Gasteiger partial charge on any atom is -0.452 e. The van der Waals surface area contributed by atoms with Crippen molar-refractivity contribution in [2.75, 3.05) is 11.9 Å². The molecule has 2 aromatic rings. The van der Waals surface area contributed by atoms with Gasteiger partial charge in [-0.15, -0.1) is 11.3 Å². The molecule has 0 bridgehead atoms. The van der Waals surface area contributed by atoms with E-state index in [1.165, 1.54) is 23.5 Å². The van der Waals surface area contributed by atoms with Crippen molar-refractivity contribution < 1.29 is 18.7 Å². The molecule has 0 unspecified atom stereocenters. The van der Waals surface area contributed by atoms with Crippen molar-refractivity contribution in [1.29, 1.82) is 5.26 Å². The number of carbonyl (C=O) groups is 2. The lowest BCUT2D eigenvalue weighted by molar-refractivity contribution is -0.119. The lowest BCUT2D eigenvalue weighted by Gasteiger charge is -2.17. The van der Waals surface area contributed by atoms with Crippen LogP contribution < -0.4 is 5.32 Å². The molecular formula is C19H16ClFN2O3S. The number of rotatable bonds is 4. The summed E-state index contributed by atoms with van der Waals surface area (Å²) in [6, 6.07) is 5.96. The highest BCUT2D eigenvalue weighted by molar-refractivity contribution is 7.16. The molecule has 0 saturated heterocycles. The molecule has 0 spiro atoms. The molecule has 0 fully saturated rings. The molecule has 1 aromatic heterocycles.